The number of ether oxygens (including phenoxy) is 1. The van der Waals surface area contributed by atoms with Crippen molar-refractivity contribution in [2.24, 2.45) is 0 Å². The number of aliphatic carboxylic acids is 1. The third-order valence-corrected chi connectivity index (χ3v) is 5.22. The maximum Gasteiger partial charge on any atom is 0.430 e. The molecule has 0 bridgehead atoms. The fraction of sp³-hybridized carbons (Fsp3) is 0.389. The van der Waals surface area contributed by atoms with Crippen molar-refractivity contribution in [3.8, 4) is 11.5 Å². The number of carboxylic acid groups (broad SMARTS) is 2. The van der Waals surface area contributed by atoms with Gasteiger partial charge in [-0.05, 0) is 18.1 Å². The minimum absolute atomic E-state index is 0.00655. The number of aromatic carboxylic acids is 1. The smallest absolute Gasteiger partial charge is 0.430 e. The second kappa shape index (κ2) is 8.13. The molecule has 0 atom stereocenters. The number of hydrogen-bond donors (Lipinski definition) is 3. The minimum Gasteiger partial charge on any atom is -0.669 e. The van der Waals surface area contributed by atoms with Gasteiger partial charge in [-0.2, -0.15) is 0 Å². The van der Waals surface area contributed by atoms with Crippen LogP contribution < -0.4 is 14.5 Å². The molecule has 4 rings (SSSR count). The van der Waals surface area contributed by atoms with E-state index < -0.39 is 31.3 Å². The van der Waals surface area contributed by atoms with Crippen LogP contribution in [0.2, 0.25) is 6.32 Å². The Labute approximate surface area is 180 Å². The van der Waals surface area contributed by atoms with Crippen molar-refractivity contribution in [1.29, 1.82) is 0 Å². The van der Waals surface area contributed by atoms with E-state index in [1.807, 2.05) is 0 Å². The number of rotatable bonds is 7. The Kier molecular flexibility index (Phi) is 5.48. The Hall–Kier alpha value is -3.65. The topological polar surface area (TPSA) is 187 Å². The fourth-order valence-corrected chi connectivity index (χ4v) is 3.62. The maximum absolute atomic E-state index is 12.4. The Morgan fingerprint density at radius 2 is 2.03 bits per heavy atom. The number of likely N-dealkylation sites (tertiary alicyclic amines) is 1. The molecule has 2 aliphatic heterocycles. The van der Waals surface area contributed by atoms with Crippen molar-refractivity contribution in [2.45, 2.75) is 31.8 Å². The Morgan fingerprint density at radius 1 is 1.28 bits per heavy atom. The average molecular weight is 446 g/mol. The van der Waals surface area contributed by atoms with E-state index in [9.17, 15) is 34.6 Å². The summed E-state index contributed by atoms with van der Waals surface area (Å²) in [6.07, 6.45) is 1.02. The van der Waals surface area contributed by atoms with Crippen molar-refractivity contribution in [3.05, 3.63) is 35.2 Å². The number of hydrogen-bond acceptors (Lipinski definition) is 10. The predicted octanol–water partition coefficient (Wildman–Crippen LogP) is -2.58. The van der Waals surface area contributed by atoms with E-state index in [1.54, 1.807) is 6.07 Å². The fourth-order valence-electron chi connectivity index (χ4n) is 3.62. The van der Waals surface area contributed by atoms with E-state index in [4.69, 9.17) is 9.39 Å². The lowest BCUT2D eigenvalue weighted by atomic mass is 9.70. The summed E-state index contributed by atoms with van der Waals surface area (Å²) >= 11 is 0. The van der Waals surface area contributed by atoms with Crippen molar-refractivity contribution in [2.75, 3.05) is 13.1 Å². The summed E-state index contributed by atoms with van der Waals surface area (Å²) in [6, 6.07) is 3.10. The molecule has 13 nitrogen and oxygen atoms in total. The molecule has 0 saturated carbocycles. The molecule has 1 fully saturated rings. The normalized spacial score (nSPS) is 17.1. The van der Waals surface area contributed by atoms with E-state index in [1.165, 1.54) is 17.2 Å². The zero-order valence-electron chi connectivity index (χ0n) is 16.7. The van der Waals surface area contributed by atoms with Crippen LogP contribution in [0.15, 0.2) is 18.3 Å². The van der Waals surface area contributed by atoms with Crippen LogP contribution in [0.4, 0.5) is 0 Å². The lowest BCUT2D eigenvalue weighted by molar-refractivity contribution is -0.306. The lowest BCUT2D eigenvalue weighted by Crippen LogP contribution is -2.56. The summed E-state index contributed by atoms with van der Waals surface area (Å²) in [6.45, 7) is -3.19. The molecular formula is C18H19BN4O9-2. The van der Waals surface area contributed by atoms with E-state index in [0.29, 0.717) is 11.3 Å². The van der Waals surface area contributed by atoms with Crippen LogP contribution in [0.5, 0.6) is 11.5 Å². The van der Waals surface area contributed by atoms with Gasteiger partial charge in [-0.1, -0.05) is 17.6 Å². The largest absolute Gasteiger partial charge is 0.669 e. The van der Waals surface area contributed by atoms with E-state index in [2.05, 4.69) is 10.3 Å². The maximum atomic E-state index is 12.4. The van der Waals surface area contributed by atoms with E-state index >= 15 is 0 Å². The number of carboxylic acids is 2. The van der Waals surface area contributed by atoms with Crippen LogP contribution in [0.1, 0.15) is 21.6 Å². The van der Waals surface area contributed by atoms with E-state index in [-0.39, 0.29) is 55.2 Å². The molecule has 0 spiro atoms. The number of carbonyl (C=O) groups is 3. The highest BCUT2D eigenvalue weighted by Crippen LogP contribution is 2.38. The van der Waals surface area contributed by atoms with Crippen molar-refractivity contribution >= 4 is 24.6 Å². The van der Waals surface area contributed by atoms with Gasteiger partial charge in [-0.3, -0.25) is 4.79 Å². The highest BCUT2D eigenvalue weighted by molar-refractivity contribution is 6.59. The van der Waals surface area contributed by atoms with Crippen molar-refractivity contribution < 1.29 is 44.0 Å². The first-order valence-corrected chi connectivity index (χ1v) is 9.83. The molecule has 32 heavy (non-hydrogen) atoms. The highest BCUT2D eigenvalue weighted by atomic mass is 16.6. The molecule has 1 saturated heterocycles. The summed E-state index contributed by atoms with van der Waals surface area (Å²) in [5.74, 6) is -3.05. The number of carbonyl (C=O) groups excluding carboxylic acids is 2. The monoisotopic (exact) mass is 446 g/mol. The molecule has 2 aliphatic rings. The van der Waals surface area contributed by atoms with Crippen molar-refractivity contribution in [1.82, 2.24) is 19.9 Å². The summed E-state index contributed by atoms with van der Waals surface area (Å²) in [5, 5.41) is 47.1. The standard InChI is InChI=1S/C18H20BN4O9/c24-14(5-11-6-23(21-20-11)9-15(25)26)22-7-12(8-22)31-13-2-1-10-3-4-19(29,30)32-17(10)16(13)18(27)28/h1-2,6,12,29-30H,3-5,7-9H2,(H,25,26)(H,27,28)/q-1/p-1. The molecule has 0 aliphatic carbocycles. The van der Waals surface area contributed by atoms with Gasteiger partial charge in [-0.15, -0.1) is 5.10 Å². The number of nitrogens with zero attached hydrogens (tertiary/aromatic N) is 4. The first-order chi connectivity index (χ1) is 15.1. The van der Waals surface area contributed by atoms with Crippen LogP contribution in [-0.2, 0) is 29.0 Å². The number of aromatic nitrogens is 3. The molecular weight excluding hydrogens is 427 g/mol. The van der Waals surface area contributed by atoms with Gasteiger partial charge in [0.25, 0.3) is 0 Å². The van der Waals surface area contributed by atoms with Gasteiger partial charge in [0.05, 0.1) is 43.5 Å². The van der Waals surface area contributed by atoms with Gasteiger partial charge < -0.3 is 39.3 Å². The molecule has 3 N–H and O–H groups in total. The van der Waals surface area contributed by atoms with Crippen LogP contribution >= 0.6 is 0 Å². The van der Waals surface area contributed by atoms with Crippen LogP contribution in [0.25, 0.3) is 0 Å². The minimum atomic E-state index is -3.14. The third-order valence-electron chi connectivity index (χ3n) is 5.22. The molecule has 0 unspecified atom stereocenters. The molecule has 170 valence electrons. The number of amides is 1. The highest BCUT2D eigenvalue weighted by Gasteiger charge is 2.36. The zero-order chi connectivity index (χ0) is 23.0. The molecule has 14 heteroatoms. The molecule has 3 heterocycles. The SMILES string of the molecule is O=C([O-])Cn1cc(CC(=O)N2CC(Oc3ccc4c(c3C(=O)O)O[B-](O)(O)CC4)C2)nn1. The van der Waals surface area contributed by atoms with Gasteiger partial charge in [-0.25, -0.2) is 9.48 Å². The van der Waals surface area contributed by atoms with Gasteiger partial charge in [0, 0.05) is 6.20 Å². The molecule has 1 aromatic heterocycles. The predicted molar refractivity (Wildman–Crippen MR) is 102 cm³/mol. The van der Waals surface area contributed by atoms with Crippen LogP contribution in [-0.4, -0.2) is 78.8 Å². The second-order valence-electron chi connectivity index (χ2n) is 7.74. The molecule has 0 radical (unpaired) electrons. The Bertz CT molecular complexity index is 1080. The number of aryl methyl sites for hydroxylation is 1. The summed E-state index contributed by atoms with van der Waals surface area (Å²) < 4.78 is 11.9. The molecule has 1 aromatic carbocycles. The first kappa shape index (κ1) is 21.6. The first-order valence-electron chi connectivity index (χ1n) is 9.83. The lowest BCUT2D eigenvalue weighted by Gasteiger charge is -2.40. The second-order valence-corrected chi connectivity index (χ2v) is 7.74. The van der Waals surface area contributed by atoms with Gasteiger partial charge in [0.1, 0.15) is 17.4 Å². The molecule has 2 aromatic rings. The number of fused-ring (bicyclic) bond motifs is 1. The zero-order valence-corrected chi connectivity index (χ0v) is 16.7. The Balaban J connectivity index is 1.38. The third kappa shape index (κ3) is 4.50. The van der Waals surface area contributed by atoms with Gasteiger partial charge in [0.15, 0.2) is 0 Å². The summed E-state index contributed by atoms with van der Waals surface area (Å²) in [4.78, 5) is 36.2. The van der Waals surface area contributed by atoms with E-state index in [0.717, 1.165) is 4.68 Å². The van der Waals surface area contributed by atoms with Gasteiger partial charge >= 0.3 is 12.7 Å². The number of benzene rings is 1. The van der Waals surface area contributed by atoms with Crippen LogP contribution in [0.3, 0.4) is 0 Å². The molecule has 1 amide bonds. The average Bonchev–Trinajstić information content (AvgIpc) is 3.08. The van der Waals surface area contributed by atoms with Crippen LogP contribution in [0, 0.1) is 0 Å². The van der Waals surface area contributed by atoms with Crippen molar-refractivity contribution in [3.63, 3.8) is 0 Å². The Morgan fingerprint density at radius 3 is 2.72 bits per heavy atom. The summed E-state index contributed by atoms with van der Waals surface area (Å²) in [5.41, 5.74) is 0.539. The quantitative estimate of drug-likeness (QED) is 0.379. The van der Waals surface area contributed by atoms with Gasteiger partial charge in [0.2, 0.25) is 5.91 Å². The summed E-state index contributed by atoms with van der Waals surface area (Å²) in [7, 11) is 0.